The fraction of sp³-hybridized carbons (Fsp3) is 0.0833. The van der Waals surface area contributed by atoms with Crippen molar-refractivity contribution in [3.05, 3.63) is 51.6 Å². The molecule has 0 atom stereocenters. The Balaban J connectivity index is 2.31. The van der Waals surface area contributed by atoms with Gasteiger partial charge in [0.2, 0.25) is 5.88 Å². The van der Waals surface area contributed by atoms with Gasteiger partial charge in [-0.1, -0.05) is 29.8 Å². The maximum atomic E-state index is 5.81. The molecule has 0 aliphatic rings. The molecule has 0 aliphatic heterocycles. The molecule has 0 amide bonds. The van der Waals surface area contributed by atoms with Crippen molar-refractivity contribution in [2.45, 2.75) is 6.54 Å². The highest BCUT2D eigenvalue weighted by Gasteiger charge is 2.07. The highest BCUT2D eigenvalue weighted by Crippen LogP contribution is 2.30. The van der Waals surface area contributed by atoms with Gasteiger partial charge in [-0.05, 0) is 28.1 Å². The second-order valence-electron chi connectivity index (χ2n) is 3.35. The van der Waals surface area contributed by atoms with Crippen molar-refractivity contribution in [2.75, 3.05) is 0 Å². The van der Waals surface area contributed by atoms with Crippen LogP contribution in [0.25, 0.3) is 0 Å². The smallest absolute Gasteiger partial charge is 0.233 e. The van der Waals surface area contributed by atoms with E-state index in [0.29, 0.717) is 27.7 Å². The molecule has 0 unspecified atom stereocenters. The van der Waals surface area contributed by atoms with Crippen LogP contribution in [-0.2, 0) is 6.54 Å². The van der Waals surface area contributed by atoms with E-state index in [9.17, 15) is 0 Å². The van der Waals surface area contributed by atoms with E-state index >= 15 is 0 Å². The summed E-state index contributed by atoms with van der Waals surface area (Å²) in [6.45, 7) is 0.418. The zero-order valence-electron chi connectivity index (χ0n) is 8.86. The molecule has 0 fully saturated rings. The first-order valence-electron chi connectivity index (χ1n) is 4.97. The van der Waals surface area contributed by atoms with Crippen molar-refractivity contribution in [1.82, 2.24) is 4.98 Å². The summed E-state index contributed by atoms with van der Waals surface area (Å²) in [5.41, 5.74) is 6.56. The monoisotopic (exact) mass is 312 g/mol. The fourth-order valence-electron chi connectivity index (χ4n) is 1.35. The number of para-hydroxylation sites is 1. The van der Waals surface area contributed by atoms with Gasteiger partial charge in [0, 0.05) is 18.3 Å². The number of pyridine rings is 1. The van der Waals surface area contributed by atoms with Gasteiger partial charge in [-0.3, -0.25) is 0 Å². The molecule has 5 heteroatoms. The lowest BCUT2D eigenvalue weighted by Crippen LogP contribution is -1.99. The molecule has 17 heavy (non-hydrogen) atoms. The summed E-state index contributed by atoms with van der Waals surface area (Å²) in [4.78, 5) is 4.11. The van der Waals surface area contributed by atoms with E-state index in [1.165, 1.54) is 6.20 Å². The molecule has 1 aromatic carbocycles. The molecule has 1 aromatic heterocycles. The Labute approximate surface area is 113 Å². The minimum atomic E-state index is 0.418. The Bertz CT molecular complexity index is 534. The minimum absolute atomic E-state index is 0.418. The Kier molecular flexibility index (Phi) is 3.99. The predicted octanol–water partition coefficient (Wildman–Crippen LogP) is 3.75. The van der Waals surface area contributed by atoms with Gasteiger partial charge < -0.3 is 10.5 Å². The molecule has 2 N–H and O–H groups in total. The van der Waals surface area contributed by atoms with Crippen LogP contribution in [0.4, 0.5) is 0 Å². The Morgan fingerprint density at radius 3 is 2.82 bits per heavy atom. The molecule has 0 spiro atoms. The number of rotatable bonds is 3. The van der Waals surface area contributed by atoms with Crippen LogP contribution >= 0.6 is 27.5 Å². The van der Waals surface area contributed by atoms with E-state index in [0.717, 1.165) is 5.56 Å². The molecule has 0 radical (unpaired) electrons. The van der Waals surface area contributed by atoms with E-state index in [-0.39, 0.29) is 0 Å². The summed E-state index contributed by atoms with van der Waals surface area (Å²) in [6.07, 6.45) is 1.53. The zero-order valence-corrected chi connectivity index (χ0v) is 11.2. The Hall–Kier alpha value is -1.10. The standard InChI is InChI=1S/C12H10BrClN2O/c13-10-5-9(14)7-16-12(10)17-11-4-2-1-3-8(11)6-15/h1-5,7H,6,15H2. The molecule has 0 aliphatic carbocycles. The Morgan fingerprint density at radius 1 is 1.35 bits per heavy atom. The maximum Gasteiger partial charge on any atom is 0.233 e. The number of nitrogens with two attached hydrogens (primary N) is 1. The van der Waals surface area contributed by atoms with Crippen molar-refractivity contribution in [3.63, 3.8) is 0 Å². The zero-order chi connectivity index (χ0) is 12.3. The molecule has 1 heterocycles. The first-order chi connectivity index (χ1) is 8.20. The molecule has 0 saturated heterocycles. The quantitative estimate of drug-likeness (QED) is 0.939. The number of ether oxygens (including phenoxy) is 1. The number of nitrogens with zero attached hydrogens (tertiary/aromatic N) is 1. The largest absolute Gasteiger partial charge is 0.438 e. The SMILES string of the molecule is NCc1ccccc1Oc1ncc(Cl)cc1Br. The van der Waals surface area contributed by atoms with Crippen molar-refractivity contribution >= 4 is 27.5 Å². The summed E-state index contributed by atoms with van der Waals surface area (Å²) in [5, 5.41) is 0.552. The normalized spacial score (nSPS) is 10.3. The third kappa shape index (κ3) is 2.97. The van der Waals surface area contributed by atoms with Gasteiger partial charge in [0.15, 0.2) is 0 Å². The van der Waals surface area contributed by atoms with Gasteiger partial charge in [0.25, 0.3) is 0 Å². The van der Waals surface area contributed by atoms with Crippen LogP contribution in [0.5, 0.6) is 11.6 Å². The summed E-state index contributed by atoms with van der Waals surface area (Å²) in [7, 11) is 0. The second kappa shape index (κ2) is 5.49. The van der Waals surface area contributed by atoms with Crippen molar-refractivity contribution in [3.8, 4) is 11.6 Å². The number of hydrogen-bond acceptors (Lipinski definition) is 3. The van der Waals surface area contributed by atoms with Crippen LogP contribution in [0.15, 0.2) is 41.0 Å². The van der Waals surface area contributed by atoms with Gasteiger partial charge in [0.05, 0.1) is 9.50 Å². The summed E-state index contributed by atoms with van der Waals surface area (Å²) in [5.74, 6) is 1.17. The van der Waals surface area contributed by atoms with Crippen LogP contribution in [0.2, 0.25) is 5.02 Å². The first kappa shape index (κ1) is 12.4. The average molecular weight is 314 g/mol. The van der Waals surface area contributed by atoms with E-state index in [2.05, 4.69) is 20.9 Å². The summed E-state index contributed by atoms with van der Waals surface area (Å²) >= 11 is 9.16. The molecule has 2 aromatic rings. The summed E-state index contributed by atoms with van der Waals surface area (Å²) < 4.78 is 6.39. The number of benzene rings is 1. The average Bonchev–Trinajstić information content (AvgIpc) is 2.33. The topological polar surface area (TPSA) is 48.1 Å². The number of aromatic nitrogens is 1. The van der Waals surface area contributed by atoms with Crippen LogP contribution in [-0.4, -0.2) is 4.98 Å². The van der Waals surface area contributed by atoms with Crippen molar-refractivity contribution in [1.29, 1.82) is 0 Å². The van der Waals surface area contributed by atoms with Crippen LogP contribution in [0.3, 0.4) is 0 Å². The molecule has 3 nitrogen and oxygen atoms in total. The van der Waals surface area contributed by atoms with Crippen molar-refractivity contribution in [2.24, 2.45) is 5.73 Å². The molecular formula is C12H10BrClN2O. The van der Waals surface area contributed by atoms with Crippen LogP contribution in [0.1, 0.15) is 5.56 Å². The lowest BCUT2D eigenvalue weighted by Gasteiger charge is -2.10. The number of halogens is 2. The van der Waals surface area contributed by atoms with Gasteiger partial charge in [0.1, 0.15) is 5.75 Å². The Morgan fingerprint density at radius 2 is 2.12 bits per heavy atom. The first-order valence-corrected chi connectivity index (χ1v) is 6.14. The van der Waals surface area contributed by atoms with E-state index in [4.69, 9.17) is 22.1 Å². The number of hydrogen-bond donors (Lipinski definition) is 1. The van der Waals surface area contributed by atoms with Gasteiger partial charge >= 0.3 is 0 Å². The van der Waals surface area contributed by atoms with E-state index in [1.54, 1.807) is 6.07 Å². The molecule has 0 saturated carbocycles. The summed E-state index contributed by atoms with van der Waals surface area (Å²) in [6, 6.07) is 9.30. The van der Waals surface area contributed by atoms with Crippen molar-refractivity contribution < 1.29 is 4.74 Å². The molecule has 2 rings (SSSR count). The van der Waals surface area contributed by atoms with E-state index in [1.807, 2.05) is 24.3 Å². The van der Waals surface area contributed by atoms with Gasteiger partial charge in [-0.15, -0.1) is 0 Å². The highest BCUT2D eigenvalue weighted by atomic mass is 79.9. The van der Waals surface area contributed by atoms with Crippen LogP contribution < -0.4 is 10.5 Å². The van der Waals surface area contributed by atoms with Gasteiger partial charge in [-0.25, -0.2) is 4.98 Å². The maximum absolute atomic E-state index is 5.81. The molecular weight excluding hydrogens is 304 g/mol. The lowest BCUT2D eigenvalue weighted by atomic mass is 10.2. The van der Waals surface area contributed by atoms with Crippen LogP contribution in [0, 0.1) is 0 Å². The predicted molar refractivity (Wildman–Crippen MR) is 71.4 cm³/mol. The highest BCUT2D eigenvalue weighted by molar-refractivity contribution is 9.10. The molecule has 0 bridgehead atoms. The van der Waals surface area contributed by atoms with E-state index < -0.39 is 0 Å². The fourth-order valence-corrected chi connectivity index (χ4v) is 2.07. The van der Waals surface area contributed by atoms with Gasteiger partial charge in [-0.2, -0.15) is 0 Å². The third-order valence-corrected chi connectivity index (χ3v) is 2.95. The lowest BCUT2D eigenvalue weighted by molar-refractivity contribution is 0.454. The second-order valence-corrected chi connectivity index (χ2v) is 4.65. The third-order valence-electron chi connectivity index (χ3n) is 2.17. The minimum Gasteiger partial charge on any atom is -0.438 e. The molecule has 88 valence electrons.